The average Bonchev–Trinajstić information content (AvgIpc) is 2.39. The second-order valence-corrected chi connectivity index (χ2v) is 5.85. The van der Waals surface area contributed by atoms with Crippen molar-refractivity contribution in [3.05, 3.63) is 35.4 Å². The van der Waals surface area contributed by atoms with E-state index in [1.54, 1.807) is 0 Å². The highest BCUT2D eigenvalue weighted by Gasteiger charge is 2.15. The monoisotopic (exact) mass is 261 g/mol. The molecular weight excluding hydrogens is 234 g/mol. The Morgan fingerprint density at radius 3 is 2.63 bits per heavy atom. The van der Waals surface area contributed by atoms with Crippen molar-refractivity contribution in [3.63, 3.8) is 0 Å². The minimum absolute atomic E-state index is 0.545. The summed E-state index contributed by atoms with van der Waals surface area (Å²) in [5.74, 6) is 0. The van der Waals surface area contributed by atoms with Gasteiger partial charge in [0.1, 0.15) is 0 Å². The van der Waals surface area contributed by atoms with E-state index in [4.69, 9.17) is 0 Å². The van der Waals surface area contributed by atoms with Crippen LogP contribution >= 0.6 is 0 Å². The van der Waals surface area contributed by atoms with Crippen molar-refractivity contribution in [1.29, 1.82) is 0 Å². The molecule has 1 fully saturated rings. The molecule has 0 amide bonds. The smallest absolute Gasteiger partial charge is 0.0259 e. The predicted molar refractivity (Wildman–Crippen MR) is 81.2 cm³/mol. The van der Waals surface area contributed by atoms with Crippen LogP contribution in [0.5, 0.6) is 0 Å². The number of hydrazine groups is 1. The van der Waals surface area contributed by atoms with Crippen LogP contribution in [0.25, 0.3) is 0 Å². The van der Waals surface area contributed by atoms with E-state index in [1.807, 2.05) is 0 Å². The van der Waals surface area contributed by atoms with Crippen LogP contribution in [0.3, 0.4) is 0 Å². The van der Waals surface area contributed by atoms with Gasteiger partial charge in [0, 0.05) is 32.2 Å². The molecule has 1 aliphatic rings. The van der Waals surface area contributed by atoms with E-state index in [0.29, 0.717) is 6.04 Å². The van der Waals surface area contributed by atoms with Gasteiger partial charge in [-0.05, 0) is 39.3 Å². The van der Waals surface area contributed by atoms with Crippen molar-refractivity contribution in [3.8, 4) is 0 Å². The fraction of sp³-hybridized carbons (Fsp3) is 0.625. The summed E-state index contributed by atoms with van der Waals surface area (Å²) in [6.45, 7) is 9.04. The van der Waals surface area contributed by atoms with Crippen molar-refractivity contribution in [2.24, 2.45) is 0 Å². The summed E-state index contributed by atoms with van der Waals surface area (Å²) in [5.41, 5.74) is 6.44. The van der Waals surface area contributed by atoms with Crippen molar-refractivity contribution in [2.75, 3.05) is 33.2 Å². The van der Waals surface area contributed by atoms with E-state index < -0.39 is 0 Å². The van der Waals surface area contributed by atoms with E-state index in [0.717, 1.165) is 32.6 Å². The van der Waals surface area contributed by atoms with Gasteiger partial charge in [-0.25, -0.2) is 5.01 Å². The van der Waals surface area contributed by atoms with Crippen molar-refractivity contribution < 1.29 is 0 Å². The van der Waals surface area contributed by atoms with E-state index >= 15 is 0 Å². The molecule has 0 aliphatic carbocycles. The second-order valence-electron chi connectivity index (χ2n) is 5.85. The van der Waals surface area contributed by atoms with Gasteiger partial charge in [0.25, 0.3) is 0 Å². The molecule has 1 atom stereocenters. The third-order valence-corrected chi connectivity index (χ3v) is 3.85. The van der Waals surface area contributed by atoms with Gasteiger partial charge in [0.2, 0.25) is 0 Å². The Labute approximate surface area is 117 Å². The van der Waals surface area contributed by atoms with Gasteiger partial charge in [-0.3, -0.25) is 5.43 Å². The Morgan fingerprint density at radius 1 is 1.21 bits per heavy atom. The van der Waals surface area contributed by atoms with E-state index in [2.05, 4.69) is 60.5 Å². The lowest BCUT2D eigenvalue weighted by Gasteiger charge is -2.34. The zero-order valence-corrected chi connectivity index (χ0v) is 12.5. The van der Waals surface area contributed by atoms with Gasteiger partial charge in [-0.15, -0.1) is 0 Å². The quantitative estimate of drug-likeness (QED) is 0.875. The van der Waals surface area contributed by atoms with Crippen LogP contribution < -0.4 is 5.43 Å². The molecule has 1 aliphatic heterocycles. The first-order chi connectivity index (χ1) is 9.13. The highest BCUT2D eigenvalue weighted by atomic mass is 15.5. The molecule has 0 spiro atoms. The average molecular weight is 261 g/mol. The van der Waals surface area contributed by atoms with Crippen LogP contribution in [0.2, 0.25) is 0 Å². The molecule has 1 aromatic carbocycles. The minimum atomic E-state index is 0.545. The van der Waals surface area contributed by atoms with Crippen LogP contribution in [0.4, 0.5) is 0 Å². The summed E-state index contributed by atoms with van der Waals surface area (Å²) in [6, 6.07) is 9.39. The van der Waals surface area contributed by atoms with Crippen LogP contribution in [-0.4, -0.2) is 49.2 Å². The largest absolute Gasteiger partial charge is 0.304 e. The predicted octanol–water partition coefficient (Wildman–Crippen LogP) is 2.07. The molecular formula is C16H27N3. The van der Waals surface area contributed by atoms with Gasteiger partial charge in [-0.2, -0.15) is 0 Å². The fourth-order valence-corrected chi connectivity index (χ4v) is 2.56. The molecule has 3 nitrogen and oxygen atoms in total. The Kier molecular flexibility index (Phi) is 5.37. The van der Waals surface area contributed by atoms with E-state index in [1.165, 1.54) is 17.5 Å². The molecule has 1 N–H and O–H groups in total. The fourth-order valence-electron chi connectivity index (χ4n) is 2.56. The van der Waals surface area contributed by atoms with Crippen LogP contribution in [0.15, 0.2) is 24.3 Å². The van der Waals surface area contributed by atoms with Crippen molar-refractivity contribution in [2.45, 2.75) is 32.7 Å². The maximum atomic E-state index is 3.63. The summed E-state index contributed by atoms with van der Waals surface area (Å²) < 4.78 is 0. The lowest BCUT2D eigenvalue weighted by Crippen LogP contribution is -2.53. The molecule has 0 saturated carbocycles. The number of aryl methyl sites for hydroxylation is 2. The number of nitrogens with zero attached hydrogens (tertiary/aromatic N) is 2. The maximum absolute atomic E-state index is 3.63. The van der Waals surface area contributed by atoms with Gasteiger partial charge in [-0.1, -0.05) is 29.8 Å². The van der Waals surface area contributed by atoms with E-state index in [-0.39, 0.29) is 0 Å². The summed E-state index contributed by atoms with van der Waals surface area (Å²) in [6.07, 6.45) is 2.35. The number of hydrogen-bond acceptors (Lipinski definition) is 3. The third kappa shape index (κ3) is 4.94. The number of likely N-dealkylation sites (N-methyl/N-ethyl adjacent to an activating group) is 1. The van der Waals surface area contributed by atoms with Crippen LogP contribution in [0.1, 0.15) is 24.5 Å². The number of rotatable bonds is 5. The molecule has 3 heteroatoms. The Hall–Kier alpha value is -0.900. The zero-order valence-electron chi connectivity index (χ0n) is 12.5. The van der Waals surface area contributed by atoms with Crippen molar-refractivity contribution in [1.82, 2.24) is 15.3 Å². The van der Waals surface area contributed by atoms with Gasteiger partial charge in [0.05, 0.1) is 0 Å². The van der Waals surface area contributed by atoms with Crippen LogP contribution in [-0.2, 0) is 6.42 Å². The number of nitrogens with one attached hydrogen (secondary N) is 1. The lowest BCUT2D eigenvalue weighted by molar-refractivity contribution is 0.0883. The van der Waals surface area contributed by atoms with Gasteiger partial charge in [0.15, 0.2) is 0 Å². The summed E-state index contributed by atoms with van der Waals surface area (Å²) in [5, 5.41) is 2.38. The molecule has 0 aromatic heterocycles. The maximum Gasteiger partial charge on any atom is 0.0259 e. The third-order valence-electron chi connectivity index (χ3n) is 3.85. The van der Waals surface area contributed by atoms with E-state index in [9.17, 15) is 0 Å². The SMILES string of the molecule is Cc1cccc(CCC(C)NN2CCN(C)CC2)c1. The Morgan fingerprint density at radius 2 is 1.95 bits per heavy atom. The lowest BCUT2D eigenvalue weighted by atomic mass is 10.0. The molecule has 19 heavy (non-hydrogen) atoms. The molecule has 106 valence electrons. The summed E-state index contributed by atoms with van der Waals surface area (Å²) in [7, 11) is 2.19. The Bertz CT molecular complexity index is 383. The molecule has 1 unspecified atom stereocenters. The normalized spacial score (nSPS) is 19.5. The molecule has 1 heterocycles. The van der Waals surface area contributed by atoms with Gasteiger partial charge < -0.3 is 4.90 Å². The summed E-state index contributed by atoms with van der Waals surface area (Å²) in [4.78, 5) is 2.38. The van der Waals surface area contributed by atoms with Crippen molar-refractivity contribution >= 4 is 0 Å². The first-order valence-electron chi connectivity index (χ1n) is 7.38. The molecule has 0 radical (unpaired) electrons. The molecule has 1 saturated heterocycles. The topological polar surface area (TPSA) is 18.5 Å². The molecule has 1 aromatic rings. The van der Waals surface area contributed by atoms with Gasteiger partial charge >= 0.3 is 0 Å². The highest BCUT2D eigenvalue weighted by Crippen LogP contribution is 2.08. The minimum Gasteiger partial charge on any atom is -0.304 e. The standard InChI is InChI=1S/C16H27N3/c1-14-5-4-6-16(13-14)8-7-15(2)17-19-11-9-18(3)10-12-19/h4-6,13,15,17H,7-12H2,1-3H3. The number of benzene rings is 1. The number of piperazine rings is 1. The molecule has 2 rings (SSSR count). The first-order valence-corrected chi connectivity index (χ1v) is 7.38. The summed E-state index contributed by atoms with van der Waals surface area (Å²) >= 11 is 0. The number of hydrogen-bond donors (Lipinski definition) is 1. The molecule has 0 bridgehead atoms. The highest BCUT2D eigenvalue weighted by molar-refractivity contribution is 5.22. The Balaban J connectivity index is 1.71. The second kappa shape index (κ2) is 7.04. The zero-order chi connectivity index (χ0) is 13.7. The first kappa shape index (κ1) is 14.5. The van der Waals surface area contributed by atoms with Crippen LogP contribution in [0, 0.1) is 6.92 Å².